The van der Waals surface area contributed by atoms with Crippen molar-refractivity contribution in [2.24, 2.45) is 5.73 Å². The van der Waals surface area contributed by atoms with Gasteiger partial charge in [0.25, 0.3) is 0 Å². The van der Waals surface area contributed by atoms with E-state index in [9.17, 15) is 0 Å². The summed E-state index contributed by atoms with van der Waals surface area (Å²) in [6.07, 6.45) is 1.56. The van der Waals surface area contributed by atoms with E-state index in [1.165, 1.54) is 0 Å². The van der Waals surface area contributed by atoms with Gasteiger partial charge >= 0.3 is 0 Å². The van der Waals surface area contributed by atoms with Crippen LogP contribution in [-0.4, -0.2) is 15.2 Å². The van der Waals surface area contributed by atoms with Crippen molar-refractivity contribution in [3.63, 3.8) is 0 Å². The highest BCUT2D eigenvalue weighted by atomic mass is 127. The minimum absolute atomic E-state index is 0.299. The summed E-state index contributed by atoms with van der Waals surface area (Å²) in [5, 5.41) is 11.0. The number of rotatable bonds is 3. The normalized spacial score (nSPS) is 9.94. The van der Waals surface area contributed by atoms with E-state index in [2.05, 4.69) is 38.1 Å². The standard InChI is InChI=1S/C11H9IN4S/c12-7-2-1-3-8(6-7)15-11-9(10(13)17)4-5-14-16-11/h1-6H,(H2,13,17)(H,15,16). The average molecular weight is 356 g/mol. The Morgan fingerprint density at radius 3 is 2.88 bits per heavy atom. The van der Waals surface area contributed by atoms with Crippen molar-refractivity contribution in [1.29, 1.82) is 0 Å². The second kappa shape index (κ2) is 5.37. The number of hydrogen-bond acceptors (Lipinski definition) is 4. The van der Waals surface area contributed by atoms with Crippen molar-refractivity contribution in [3.05, 3.63) is 45.7 Å². The predicted molar refractivity (Wildman–Crippen MR) is 80.4 cm³/mol. The Kier molecular flexibility index (Phi) is 3.85. The highest BCUT2D eigenvalue weighted by Crippen LogP contribution is 2.19. The lowest BCUT2D eigenvalue weighted by molar-refractivity contribution is 1.03. The topological polar surface area (TPSA) is 63.8 Å². The summed E-state index contributed by atoms with van der Waals surface area (Å²) < 4.78 is 1.13. The molecule has 2 rings (SSSR count). The van der Waals surface area contributed by atoms with E-state index in [4.69, 9.17) is 18.0 Å². The Labute approximate surface area is 118 Å². The molecular weight excluding hydrogens is 347 g/mol. The van der Waals surface area contributed by atoms with Gasteiger partial charge in [-0.15, -0.1) is 5.10 Å². The molecule has 0 radical (unpaired) electrons. The van der Waals surface area contributed by atoms with Crippen molar-refractivity contribution in [2.45, 2.75) is 0 Å². The van der Waals surface area contributed by atoms with Crippen LogP contribution in [0.2, 0.25) is 0 Å². The van der Waals surface area contributed by atoms with Crippen LogP contribution >= 0.6 is 34.8 Å². The second-order valence-corrected chi connectivity index (χ2v) is 4.98. The zero-order valence-corrected chi connectivity index (χ0v) is 11.7. The molecule has 0 amide bonds. The summed E-state index contributed by atoms with van der Waals surface area (Å²) in [7, 11) is 0. The summed E-state index contributed by atoms with van der Waals surface area (Å²) in [5.74, 6) is 0.571. The van der Waals surface area contributed by atoms with Gasteiger partial charge in [0.1, 0.15) is 4.99 Å². The highest BCUT2D eigenvalue weighted by molar-refractivity contribution is 14.1. The van der Waals surface area contributed by atoms with Crippen LogP contribution in [0.15, 0.2) is 36.5 Å². The van der Waals surface area contributed by atoms with Crippen LogP contribution in [0.3, 0.4) is 0 Å². The predicted octanol–water partition coefficient (Wildman–Crippen LogP) is 2.46. The van der Waals surface area contributed by atoms with Gasteiger partial charge in [0.15, 0.2) is 5.82 Å². The summed E-state index contributed by atoms with van der Waals surface area (Å²) in [4.78, 5) is 0.299. The number of hydrogen-bond donors (Lipinski definition) is 2. The summed E-state index contributed by atoms with van der Waals surface area (Å²) >= 11 is 7.20. The second-order valence-electron chi connectivity index (χ2n) is 3.29. The first kappa shape index (κ1) is 12.2. The number of benzene rings is 1. The summed E-state index contributed by atoms with van der Waals surface area (Å²) in [6, 6.07) is 9.65. The van der Waals surface area contributed by atoms with E-state index in [1.807, 2.05) is 24.3 Å². The molecule has 1 aromatic heterocycles. The quantitative estimate of drug-likeness (QED) is 0.654. The van der Waals surface area contributed by atoms with Crippen LogP contribution in [0.1, 0.15) is 5.56 Å². The van der Waals surface area contributed by atoms with Gasteiger partial charge < -0.3 is 11.1 Å². The molecule has 0 unspecified atom stereocenters. The lowest BCUT2D eigenvalue weighted by Gasteiger charge is -2.08. The number of nitrogens with two attached hydrogens (primary N) is 1. The van der Waals surface area contributed by atoms with Gasteiger partial charge in [-0.1, -0.05) is 18.3 Å². The van der Waals surface area contributed by atoms with Crippen molar-refractivity contribution >= 4 is 51.3 Å². The fourth-order valence-corrected chi connectivity index (χ4v) is 2.03. The van der Waals surface area contributed by atoms with Crippen molar-refractivity contribution < 1.29 is 0 Å². The molecule has 0 saturated heterocycles. The number of thiocarbonyl (C=S) groups is 1. The Hall–Kier alpha value is -1.28. The third kappa shape index (κ3) is 3.10. The largest absolute Gasteiger partial charge is 0.389 e. The first-order valence-corrected chi connectivity index (χ1v) is 6.29. The molecule has 0 atom stereocenters. The molecule has 0 fully saturated rings. The van der Waals surface area contributed by atoms with Crippen LogP contribution in [0.5, 0.6) is 0 Å². The summed E-state index contributed by atoms with van der Waals surface area (Å²) in [6.45, 7) is 0. The van der Waals surface area contributed by atoms with Crippen LogP contribution < -0.4 is 11.1 Å². The molecule has 6 heteroatoms. The van der Waals surface area contributed by atoms with Crippen molar-refractivity contribution in [2.75, 3.05) is 5.32 Å². The maximum Gasteiger partial charge on any atom is 0.163 e. The summed E-state index contributed by atoms with van der Waals surface area (Å²) in [5.41, 5.74) is 7.23. The molecule has 0 spiro atoms. The minimum atomic E-state index is 0.299. The number of aromatic nitrogens is 2. The molecular formula is C11H9IN4S. The van der Waals surface area contributed by atoms with Gasteiger partial charge in [0.05, 0.1) is 11.8 Å². The van der Waals surface area contributed by atoms with Crippen molar-refractivity contribution in [1.82, 2.24) is 10.2 Å². The molecule has 0 aliphatic carbocycles. The molecule has 17 heavy (non-hydrogen) atoms. The fourth-order valence-electron chi connectivity index (χ4n) is 1.33. The van der Waals surface area contributed by atoms with Crippen LogP contribution in [-0.2, 0) is 0 Å². The Morgan fingerprint density at radius 2 is 2.18 bits per heavy atom. The Balaban J connectivity index is 2.33. The molecule has 0 aliphatic heterocycles. The molecule has 1 aromatic carbocycles. The average Bonchev–Trinajstić information content (AvgIpc) is 2.29. The molecule has 3 N–H and O–H groups in total. The minimum Gasteiger partial charge on any atom is -0.389 e. The molecule has 2 aromatic rings. The van der Waals surface area contributed by atoms with E-state index in [0.29, 0.717) is 16.4 Å². The number of nitrogens with one attached hydrogen (secondary N) is 1. The molecule has 1 heterocycles. The number of nitrogens with zero attached hydrogens (tertiary/aromatic N) is 2. The maximum atomic E-state index is 5.62. The molecule has 0 bridgehead atoms. The van der Waals surface area contributed by atoms with Crippen LogP contribution in [0, 0.1) is 3.57 Å². The lowest BCUT2D eigenvalue weighted by Crippen LogP contribution is -2.13. The maximum absolute atomic E-state index is 5.62. The third-order valence-corrected chi connectivity index (χ3v) is 2.96. The molecule has 86 valence electrons. The monoisotopic (exact) mass is 356 g/mol. The van der Waals surface area contributed by atoms with E-state index >= 15 is 0 Å². The smallest absolute Gasteiger partial charge is 0.163 e. The van der Waals surface area contributed by atoms with E-state index in [1.54, 1.807) is 12.3 Å². The van der Waals surface area contributed by atoms with E-state index in [0.717, 1.165) is 9.26 Å². The fraction of sp³-hybridized carbons (Fsp3) is 0. The van der Waals surface area contributed by atoms with Crippen molar-refractivity contribution in [3.8, 4) is 0 Å². The van der Waals surface area contributed by atoms with Gasteiger partial charge in [-0.25, -0.2) is 0 Å². The van der Waals surface area contributed by atoms with E-state index in [-0.39, 0.29) is 0 Å². The number of anilines is 2. The molecule has 0 aliphatic rings. The van der Waals surface area contributed by atoms with Crippen LogP contribution in [0.4, 0.5) is 11.5 Å². The first-order valence-electron chi connectivity index (χ1n) is 4.81. The van der Waals surface area contributed by atoms with Crippen LogP contribution in [0.25, 0.3) is 0 Å². The Bertz CT molecular complexity index is 559. The zero-order valence-electron chi connectivity index (χ0n) is 8.72. The van der Waals surface area contributed by atoms with Gasteiger partial charge in [-0.2, -0.15) is 5.10 Å². The lowest BCUT2D eigenvalue weighted by atomic mass is 10.2. The zero-order chi connectivity index (χ0) is 12.3. The molecule has 0 saturated carbocycles. The van der Waals surface area contributed by atoms with E-state index < -0.39 is 0 Å². The van der Waals surface area contributed by atoms with Gasteiger partial charge in [0.2, 0.25) is 0 Å². The van der Waals surface area contributed by atoms with Gasteiger partial charge in [0, 0.05) is 9.26 Å². The SMILES string of the molecule is NC(=S)c1ccnnc1Nc1cccc(I)c1. The number of halogens is 1. The highest BCUT2D eigenvalue weighted by Gasteiger charge is 2.06. The van der Waals surface area contributed by atoms with Gasteiger partial charge in [-0.3, -0.25) is 0 Å². The van der Waals surface area contributed by atoms with Gasteiger partial charge in [-0.05, 0) is 46.9 Å². The first-order chi connectivity index (χ1) is 8.16. The third-order valence-electron chi connectivity index (χ3n) is 2.07. The Morgan fingerprint density at radius 1 is 1.35 bits per heavy atom. The molecule has 4 nitrogen and oxygen atoms in total.